The molecular formula is C16H21ClN4. The molecule has 0 aromatic heterocycles. The number of anilines is 1. The van der Waals surface area contributed by atoms with E-state index in [1.54, 1.807) is 6.07 Å². The summed E-state index contributed by atoms with van der Waals surface area (Å²) < 4.78 is 0. The molecule has 0 spiro atoms. The molecule has 21 heavy (non-hydrogen) atoms. The number of piperidine rings is 1. The van der Waals surface area contributed by atoms with Gasteiger partial charge in [0.2, 0.25) is 0 Å². The fourth-order valence-electron chi connectivity index (χ4n) is 3.43. The Bertz CT molecular complexity index is 546. The van der Waals surface area contributed by atoms with Gasteiger partial charge in [-0.1, -0.05) is 17.7 Å². The summed E-state index contributed by atoms with van der Waals surface area (Å²) in [6.07, 6.45) is 3.33. The third-order valence-corrected chi connectivity index (χ3v) is 5.01. The maximum absolute atomic E-state index is 9.32. The summed E-state index contributed by atoms with van der Waals surface area (Å²) in [5.74, 6) is 0. The third-order valence-electron chi connectivity index (χ3n) is 4.70. The van der Waals surface area contributed by atoms with Gasteiger partial charge in [-0.05, 0) is 44.5 Å². The predicted molar refractivity (Wildman–Crippen MR) is 85.6 cm³/mol. The molecule has 0 radical (unpaired) electrons. The van der Waals surface area contributed by atoms with Crippen LogP contribution >= 0.6 is 11.6 Å². The zero-order valence-corrected chi connectivity index (χ0v) is 12.9. The number of nitriles is 1. The molecule has 3 rings (SSSR count). The SMILES string of the molecule is N#Cc1c(Cl)cccc1N1CCC(N2CCC(N)CC2)C1. The van der Waals surface area contributed by atoms with Crippen LogP contribution < -0.4 is 10.6 Å². The van der Waals surface area contributed by atoms with E-state index in [-0.39, 0.29) is 0 Å². The molecule has 1 aromatic rings. The molecule has 1 atom stereocenters. The van der Waals surface area contributed by atoms with Crippen molar-refractivity contribution >= 4 is 17.3 Å². The number of likely N-dealkylation sites (tertiary alicyclic amines) is 1. The minimum Gasteiger partial charge on any atom is -0.369 e. The van der Waals surface area contributed by atoms with Crippen molar-refractivity contribution in [1.29, 1.82) is 5.26 Å². The lowest BCUT2D eigenvalue weighted by Crippen LogP contribution is -2.46. The van der Waals surface area contributed by atoms with E-state index in [0.717, 1.165) is 51.1 Å². The van der Waals surface area contributed by atoms with Crippen molar-refractivity contribution in [2.24, 2.45) is 5.73 Å². The number of nitrogens with two attached hydrogens (primary N) is 1. The van der Waals surface area contributed by atoms with Gasteiger partial charge in [0.25, 0.3) is 0 Å². The van der Waals surface area contributed by atoms with Crippen LogP contribution in [0.2, 0.25) is 5.02 Å². The lowest BCUT2D eigenvalue weighted by Gasteiger charge is -2.34. The van der Waals surface area contributed by atoms with Crippen molar-refractivity contribution in [3.8, 4) is 6.07 Å². The summed E-state index contributed by atoms with van der Waals surface area (Å²) in [5, 5.41) is 9.86. The molecule has 0 aliphatic carbocycles. The Hall–Kier alpha value is -1.28. The van der Waals surface area contributed by atoms with Crippen LogP contribution in [-0.4, -0.2) is 43.2 Å². The first-order chi connectivity index (χ1) is 10.2. The smallest absolute Gasteiger partial charge is 0.103 e. The molecule has 5 heteroatoms. The minimum atomic E-state index is 0.372. The number of benzene rings is 1. The van der Waals surface area contributed by atoms with Crippen LogP contribution in [0.15, 0.2) is 18.2 Å². The van der Waals surface area contributed by atoms with Gasteiger partial charge in [-0.2, -0.15) is 5.26 Å². The van der Waals surface area contributed by atoms with Gasteiger partial charge in [0.05, 0.1) is 16.3 Å². The van der Waals surface area contributed by atoms with Gasteiger partial charge >= 0.3 is 0 Å². The first kappa shape index (κ1) is 14.6. The van der Waals surface area contributed by atoms with E-state index >= 15 is 0 Å². The summed E-state index contributed by atoms with van der Waals surface area (Å²) in [4.78, 5) is 4.85. The quantitative estimate of drug-likeness (QED) is 0.910. The lowest BCUT2D eigenvalue weighted by atomic mass is 10.0. The average Bonchev–Trinajstić information content (AvgIpc) is 2.97. The lowest BCUT2D eigenvalue weighted by molar-refractivity contribution is 0.163. The normalized spacial score (nSPS) is 24.2. The summed E-state index contributed by atoms with van der Waals surface area (Å²) in [5.41, 5.74) is 7.55. The predicted octanol–water partition coefficient (Wildman–Crippen LogP) is 2.21. The number of hydrogen-bond donors (Lipinski definition) is 1. The Morgan fingerprint density at radius 2 is 1.95 bits per heavy atom. The molecular weight excluding hydrogens is 284 g/mol. The van der Waals surface area contributed by atoms with Crippen LogP contribution in [0.5, 0.6) is 0 Å². The van der Waals surface area contributed by atoms with E-state index in [1.807, 2.05) is 12.1 Å². The molecule has 2 N–H and O–H groups in total. The number of nitrogens with zero attached hydrogens (tertiary/aromatic N) is 3. The molecule has 2 saturated heterocycles. The van der Waals surface area contributed by atoms with Crippen molar-refractivity contribution < 1.29 is 0 Å². The van der Waals surface area contributed by atoms with Gasteiger partial charge in [-0.3, -0.25) is 4.90 Å². The summed E-state index contributed by atoms with van der Waals surface area (Å²) in [7, 11) is 0. The molecule has 4 nitrogen and oxygen atoms in total. The van der Waals surface area contributed by atoms with E-state index in [1.165, 1.54) is 0 Å². The Balaban J connectivity index is 1.70. The van der Waals surface area contributed by atoms with Crippen molar-refractivity contribution in [3.63, 3.8) is 0 Å². The highest BCUT2D eigenvalue weighted by molar-refractivity contribution is 6.32. The Morgan fingerprint density at radius 1 is 1.19 bits per heavy atom. The molecule has 0 saturated carbocycles. The van der Waals surface area contributed by atoms with E-state index < -0.39 is 0 Å². The second-order valence-electron chi connectivity index (χ2n) is 6.01. The van der Waals surface area contributed by atoms with Crippen molar-refractivity contribution in [3.05, 3.63) is 28.8 Å². The van der Waals surface area contributed by atoms with E-state index in [0.29, 0.717) is 22.7 Å². The first-order valence-electron chi connectivity index (χ1n) is 7.62. The number of hydrogen-bond acceptors (Lipinski definition) is 4. The van der Waals surface area contributed by atoms with Gasteiger partial charge in [0.15, 0.2) is 0 Å². The van der Waals surface area contributed by atoms with Crippen molar-refractivity contribution in [1.82, 2.24) is 4.90 Å². The largest absolute Gasteiger partial charge is 0.369 e. The van der Waals surface area contributed by atoms with Gasteiger partial charge in [-0.25, -0.2) is 0 Å². The standard InChI is InChI=1S/C16H21ClN4/c17-15-2-1-3-16(14(15)10-18)21-9-6-13(11-21)20-7-4-12(19)5-8-20/h1-3,12-13H,4-9,11,19H2. The monoisotopic (exact) mass is 304 g/mol. The fourth-order valence-corrected chi connectivity index (χ4v) is 3.64. The zero-order valence-electron chi connectivity index (χ0n) is 12.1. The fraction of sp³-hybridized carbons (Fsp3) is 0.562. The van der Waals surface area contributed by atoms with Gasteiger partial charge in [0.1, 0.15) is 6.07 Å². The molecule has 1 aromatic carbocycles. The third kappa shape index (κ3) is 3.01. The highest BCUT2D eigenvalue weighted by Crippen LogP contribution is 2.30. The summed E-state index contributed by atoms with van der Waals surface area (Å²) in [6.45, 7) is 4.16. The van der Waals surface area contributed by atoms with Crippen molar-refractivity contribution in [2.45, 2.75) is 31.3 Å². The molecule has 2 aliphatic heterocycles. The maximum Gasteiger partial charge on any atom is 0.103 e. The molecule has 1 unspecified atom stereocenters. The van der Waals surface area contributed by atoms with E-state index in [2.05, 4.69) is 15.9 Å². The van der Waals surface area contributed by atoms with Crippen LogP contribution in [0.4, 0.5) is 5.69 Å². The van der Waals surface area contributed by atoms with Crippen LogP contribution in [0.25, 0.3) is 0 Å². The molecule has 2 heterocycles. The average molecular weight is 305 g/mol. The van der Waals surface area contributed by atoms with E-state index in [4.69, 9.17) is 17.3 Å². The molecule has 2 fully saturated rings. The van der Waals surface area contributed by atoms with Crippen molar-refractivity contribution in [2.75, 3.05) is 31.1 Å². The molecule has 2 aliphatic rings. The topological polar surface area (TPSA) is 56.3 Å². The Morgan fingerprint density at radius 3 is 2.67 bits per heavy atom. The molecule has 112 valence electrons. The van der Waals surface area contributed by atoms with Gasteiger partial charge in [-0.15, -0.1) is 0 Å². The Kier molecular flexibility index (Phi) is 4.34. The summed E-state index contributed by atoms with van der Waals surface area (Å²) in [6, 6.07) is 8.88. The first-order valence-corrected chi connectivity index (χ1v) is 8.00. The minimum absolute atomic E-state index is 0.372. The van der Waals surface area contributed by atoms with Crippen LogP contribution in [0, 0.1) is 11.3 Å². The van der Waals surface area contributed by atoms with E-state index in [9.17, 15) is 5.26 Å². The number of rotatable bonds is 2. The van der Waals surface area contributed by atoms with Crippen LogP contribution in [0.1, 0.15) is 24.8 Å². The van der Waals surface area contributed by atoms with Gasteiger partial charge in [0, 0.05) is 25.2 Å². The molecule has 0 amide bonds. The second-order valence-corrected chi connectivity index (χ2v) is 6.41. The van der Waals surface area contributed by atoms with Gasteiger partial charge < -0.3 is 10.6 Å². The second kappa shape index (κ2) is 6.23. The maximum atomic E-state index is 9.32. The summed E-state index contributed by atoms with van der Waals surface area (Å²) >= 11 is 6.14. The molecule has 0 bridgehead atoms. The highest BCUT2D eigenvalue weighted by atomic mass is 35.5. The highest BCUT2D eigenvalue weighted by Gasteiger charge is 2.30. The zero-order chi connectivity index (χ0) is 14.8. The Labute approximate surface area is 131 Å². The van der Waals surface area contributed by atoms with Crippen LogP contribution in [-0.2, 0) is 0 Å². The van der Waals surface area contributed by atoms with Crippen LogP contribution in [0.3, 0.4) is 0 Å². The number of halogens is 1.